The molecule has 0 bridgehead atoms. The van der Waals surface area contributed by atoms with Gasteiger partial charge in [-0.25, -0.2) is 0 Å². The molecule has 0 fully saturated rings. The first-order valence-corrected chi connectivity index (χ1v) is 6.10. The summed E-state index contributed by atoms with van der Waals surface area (Å²) in [4.78, 5) is 0. The number of aryl methyl sites for hydroxylation is 1. The third-order valence-corrected chi connectivity index (χ3v) is 3.32. The Morgan fingerprint density at radius 2 is 1.95 bits per heavy atom. The molecule has 2 rings (SSSR count). The molecule has 0 aliphatic rings. The average molecular weight is 283 g/mol. The Morgan fingerprint density at radius 1 is 1.21 bits per heavy atom. The molecule has 1 heterocycles. The molecule has 0 saturated carbocycles. The molecule has 1 atom stereocenters. The summed E-state index contributed by atoms with van der Waals surface area (Å²) in [5, 5.41) is 10.7. The van der Waals surface area contributed by atoms with Crippen LogP contribution < -0.4 is 9.47 Å². The summed E-state index contributed by atoms with van der Waals surface area (Å²) in [6, 6.07) is 5.17. The normalized spacial score (nSPS) is 12.3. The van der Waals surface area contributed by atoms with Gasteiger partial charge in [0.1, 0.15) is 28.4 Å². The van der Waals surface area contributed by atoms with Crippen molar-refractivity contribution in [2.75, 3.05) is 14.2 Å². The number of furan rings is 1. The van der Waals surface area contributed by atoms with E-state index in [1.807, 2.05) is 6.92 Å². The van der Waals surface area contributed by atoms with E-state index in [9.17, 15) is 5.11 Å². The second kappa shape index (κ2) is 5.55. The van der Waals surface area contributed by atoms with Crippen LogP contribution in [0.4, 0.5) is 0 Å². The van der Waals surface area contributed by atoms with Gasteiger partial charge in [-0.1, -0.05) is 11.6 Å². The van der Waals surface area contributed by atoms with Crippen LogP contribution in [-0.4, -0.2) is 19.3 Å². The van der Waals surface area contributed by atoms with Crippen molar-refractivity contribution in [3.05, 3.63) is 46.4 Å². The fourth-order valence-electron chi connectivity index (χ4n) is 1.94. The average Bonchev–Trinajstić information content (AvgIpc) is 2.83. The van der Waals surface area contributed by atoms with Crippen molar-refractivity contribution in [2.24, 2.45) is 0 Å². The van der Waals surface area contributed by atoms with Crippen molar-refractivity contribution in [3.63, 3.8) is 0 Å². The van der Waals surface area contributed by atoms with Crippen molar-refractivity contribution in [3.8, 4) is 11.5 Å². The molecular formula is C14H15ClO4. The van der Waals surface area contributed by atoms with Crippen molar-refractivity contribution in [1.29, 1.82) is 0 Å². The SMILES string of the molecule is COc1ccc(C(O)c2occc2C)c(OC)c1Cl. The lowest BCUT2D eigenvalue weighted by atomic mass is 10.0. The van der Waals surface area contributed by atoms with Gasteiger partial charge in [-0.3, -0.25) is 0 Å². The van der Waals surface area contributed by atoms with Crippen LogP contribution in [0.5, 0.6) is 11.5 Å². The van der Waals surface area contributed by atoms with E-state index in [0.717, 1.165) is 5.56 Å². The Balaban J connectivity index is 2.51. The van der Waals surface area contributed by atoms with Crippen LogP contribution in [0.3, 0.4) is 0 Å². The smallest absolute Gasteiger partial charge is 0.147 e. The maximum absolute atomic E-state index is 10.4. The third kappa shape index (κ3) is 2.41. The van der Waals surface area contributed by atoms with Gasteiger partial charge in [0.25, 0.3) is 0 Å². The predicted molar refractivity (Wildman–Crippen MR) is 72.1 cm³/mol. The zero-order chi connectivity index (χ0) is 14.0. The summed E-state index contributed by atoms with van der Waals surface area (Å²) in [5.74, 6) is 1.34. The number of aliphatic hydroxyl groups is 1. The summed E-state index contributed by atoms with van der Waals surface area (Å²) in [6.07, 6.45) is 0.597. The number of methoxy groups -OCH3 is 2. The maximum atomic E-state index is 10.4. The number of hydrogen-bond acceptors (Lipinski definition) is 4. The van der Waals surface area contributed by atoms with Crippen molar-refractivity contribution >= 4 is 11.6 Å². The molecule has 1 N–H and O–H groups in total. The Bertz CT molecular complexity index is 577. The molecule has 0 aliphatic carbocycles. The highest BCUT2D eigenvalue weighted by atomic mass is 35.5. The molecule has 19 heavy (non-hydrogen) atoms. The highest BCUT2D eigenvalue weighted by Gasteiger charge is 2.23. The lowest BCUT2D eigenvalue weighted by Gasteiger charge is -2.16. The third-order valence-electron chi connectivity index (χ3n) is 2.96. The number of halogens is 1. The van der Waals surface area contributed by atoms with Crippen LogP contribution in [0.1, 0.15) is 23.0 Å². The highest BCUT2D eigenvalue weighted by molar-refractivity contribution is 6.33. The van der Waals surface area contributed by atoms with Gasteiger partial charge in [0, 0.05) is 5.56 Å². The zero-order valence-corrected chi connectivity index (χ0v) is 11.7. The summed E-state index contributed by atoms with van der Waals surface area (Å²) >= 11 is 6.17. The molecule has 1 aromatic heterocycles. The van der Waals surface area contributed by atoms with Crippen molar-refractivity contribution in [2.45, 2.75) is 13.0 Å². The Labute approximate surface area is 116 Å². The first kappa shape index (κ1) is 13.8. The molecule has 0 spiro atoms. The van der Waals surface area contributed by atoms with Gasteiger partial charge in [-0.15, -0.1) is 0 Å². The summed E-state index contributed by atoms with van der Waals surface area (Å²) < 4.78 is 15.7. The predicted octanol–water partition coefficient (Wildman–Crippen LogP) is 3.34. The summed E-state index contributed by atoms with van der Waals surface area (Å²) in [5.41, 5.74) is 1.40. The number of aliphatic hydroxyl groups excluding tert-OH is 1. The number of rotatable bonds is 4. The molecule has 102 valence electrons. The molecular weight excluding hydrogens is 268 g/mol. The first-order valence-electron chi connectivity index (χ1n) is 5.72. The highest BCUT2D eigenvalue weighted by Crippen LogP contribution is 2.41. The topological polar surface area (TPSA) is 51.8 Å². The second-order valence-electron chi connectivity index (χ2n) is 4.07. The van der Waals surface area contributed by atoms with E-state index >= 15 is 0 Å². The van der Waals surface area contributed by atoms with Crippen molar-refractivity contribution < 1.29 is 19.0 Å². The lowest BCUT2D eigenvalue weighted by molar-refractivity contribution is 0.184. The van der Waals surface area contributed by atoms with Crippen LogP contribution in [-0.2, 0) is 0 Å². The molecule has 0 saturated heterocycles. The molecule has 1 aromatic carbocycles. The molecule has 0 aliphatic heterocycles. The van der Waals surface area contributed by atoms with E-state index in [2.05, 4.69) is 0 Å². The number of hydrogen-bond donors (Lipinski definition) is 1. The fraction of sp³-hybridized carbons (Fsp3) is 0.286. The quantitative estimate of drug-likeness (QED) is 0.934. The van der Waals surface area contributed by atoms with Crippen LogP contribution >= 0.6 is 11.6 Å². The molecule has 0 radical (unpaired) electrons. The largest absolute Gasteiger partial charge is 0.495 e. The van der Waals surface area contributed by atoms with Gasteiger partial charge in [0.2, 0.25) is 0 Å². The van der Waals surface area contributed by atoms with E-state index in [1.165, 1.54) is 20.5 Å². The van der Waals surface area contributed by atoms with Crippen LogP contribution in [0, 0.1) is 6.92 Å². The zero-order valence-electron chi connectivity index (χ0n) is 10.9. The first-order chi connectivity index (χ1) is 9.10. The van der Waals surface area contributed by atoms with Crippen molar-refractivity contribution in [1.82, 2.24) is 0 Å². The molecule has 4 nitrogen and oxygen atoms in total. The van der Waals surface area contributed by atoms with E-state index in [-0.39, 0.29) is 0 Å². The van der Waals surface area contributed by atoms with Gasteiger partial charge >= 0.3 is 0 Å². The minimum absolute atomic E-state index is 0.325. The van der Waals surface area contributed by atoms with Gasteiger partial charge in [-0.05, 0) is 30.7 Å². The number of benzene rings is 1. The summed E-state index contributed by atoms with van der Waals surface area (Å²) in [7, 11) is 3.01. The molecule has 2 aromatic rings. The standard InChI is InChI=1S/C14H15ClO4/c1-8-6-7-19-13(8)12(16)9-4-5-10(17-2)11(15)14(9)18-3/h4-7,12,16H,1-3H3. The van der Waals surface area contributed by atoms with Crippen LogP contribution in [0.2, 0.25) is 5.02 Å². The van der Waals surface area contributed by atoms with Gasteiger partial charge in [-0.2, -0.15) is 0 Å². The van der Waals surface area contributed by atoms with E-state index in [0.29, 0.717) is 27.8 Å². The van der Waals surface area contributed by atoms with Crippen LogP contribution in [0.25, 0.3) is 0 Å². The van der Waals surface area contributed by atoms with Gasteiger partial charge < -0.3 is 19.0 Å². The number of ether oxygens (including phenoxy) is 2. The monoisotopic (exact) mass is 282 g/mol. The molecule has 5 heteroatoms. The molecule has 0 amide bonds. The minimum Gasteiger partial charge on any atom is -0.495 e. The Hall–Kier alpha value is -1.65. The summed E-state index contributed by atoms with van der Waals surface area (Å²) in [6.45, 7) is 1.86. The van der Waals surface area contributed by atoms with Gasteiger partial charge in [0.15, 0.2) is 0 Å². The lowest BCUT2D eigenvalue weighted by Crippen LogP contribution is -2.04. The Morgan fingerprint density at radius 3 is 2.47 bits per heavy atom. The maximum Gasteiger partial charge on any atom is 0.147 e. The van der Waals surface area contributed by atoms with E-state index in [4.69, 9.17) is 25.5 Å². The van der Waals surface area contributed by atoms with E-state index in [1.54, 1.807) is 18.2 Å². The molecule has 1 unspecified atom stereocenters. The minimum atomic E-state index is -0.937. The fourth-order valence-corrected chi connectivity index (χ4v) is 2.27. The van der Waals surface area contributed by atoms with E-state index < -0.39 is 6.10 Å². The second-order valence-corrected chi connectivity index (χ2v) is 4.45. The Kier molecular flexibility index (Phi) is 4.02. The van der Waals surface area contributed by atoms with Crippen LogP contribution in [0.15, 0.2) is 28.9 Å². The van der Waals surface area contributed by atoms with Gasteiger partial charge in [0.05, 0.1) is 20.5 Å².